The molecule has 0 radical (unpaired) electrons. The van der Waals surface area contributed by atoms with Crippen LogP contribution in [0.2, 0.25) is 5.02 Å². The topological polar surface area (TPSA) is 79.8 Å². The highest BCUT2D eigenvalue weighted by Gasteiger charge is 2.10. The molecule has 0 atom stereocenters. The number of anilines is 1. The molecule has 138 valence electrons. The van der Waals surface area contributed by atoms with Crippen LogP contribution in [0.25, 0.3) is 0 Å². The van der Waals surface area contributed by atoms with Gasteiger partial charge in [-0.05, 0) is 48.7 Å². The molecule has 0 spiro atoms. The molecule has 6 nitrogen and oxygen atoms in total. The number of carbonyl (C=O) groups excluding carboxylic acids is 1. The minimum absolute atomic E-state index is 0.241. The predicted molar refractivity (Wildman–Crippen MR) is 106 cm³/mol. The predicted octanol–water partition coefficient (Wildman–Crippen LogP) is 3.42. The zero-order chi connectivity index (χ0) is 19.1. The normalized spacial score (nSPS) is 10.4. The van der Waals surface area contributed by atoms with E-state index in [2.05, 4.69) is 25.6 Å². The summed E-state index contributed by atoms with van der Waals surface area (Å²) < 4.78 is 0. The molecular formula is C20H20ClN5O. The van der Waals surface area contributed by atoms with Crippen molar-refractivity contribution in [1.82, 2.24) is 20.3 Å². The average Bonchev–Trinajstić information content (AvgIpc) is 2.66. The van der Waals surface area contributed by atoms with Crippen LogP contribution >= 0.6 is 11.6 Å². The first-order valence-corrected chi connectivity index (χ1v) is 8.99. The van der Waals surface area contributed by atoms with Crippen molar-refractivity contribution < 1.29 is 4.79 Å². The van der Waals surface area contributed by atoms with Crippen molar-refractivity contribution in [3.63, 3.8) is 0 Å². The number of rotatable bonds is 7. The quantitative estimate of drug-likeness (QED) is 0.655. The van der Waals surface area contributed by atoms with E-state index in [0.717, 1.165) is 22.6 Å². The lowest BCUT2D eigenvalue weighted by atomic mass is 10.1. The SMILES string of the molecule is Cc1nc(NCCc2cccc(Cl)c2)cc(C(=O)NCc2ccncc2)n1. The smallest absolute Gasteiger partial charge is 0.270 e. The number of amides is 1. The second-order valence-corrected chi connectivity index (χ2v) is 6.47. The minimum Gasteiger partial charge on any atom is -0.370 e. The second-order valence-electron chi connectivity index (χ2n) is 6.03. The number of nitrogens with zero attached hydrogens (tertiary/aromatic N) is 3. The highest BCUT2D eigenvalue weighted by atomic mass is 35.5. The summed E-state index contributed by atoms with van der Waals surface area (Å²) in [6, 6.07) is 13.1. The van der Waals surface area contributed by atoms with Crippen LogP contribution < -0.4 is 10.6 Å². The Labute approximate surface area is 163 Å². The van der Waals surface area contributed by atoms with Crippen LogP contribution in [-0.4, -0.2) is 27.4 Å². The molecule has 3 rings (SSSR count). The number of pyridine rings is 1. The Kier molecular flexibility index (Phi) is 6.33. The number of aromatic nitrogens is 3. The summed E-state index contributed by atoms with van der Waals surface area (Å²) in [4.78, 5) is 24.9. The van der Waals surface area contributed by atoms with Crippen LogP contribution in [0.5, 0.6) is 0 Å². The van der Waals surface area contributed by atoms with Gasteiger partial charge in [0.25, 0.3) is 5.91 Å². The van der Waals surface area contributed by atoms with E-state index in [4.69, 9.17) is 11.6 Å². The summed E-state index contributed by atoms with van der Waals surface area (Å²) >= 11 is 6.00. The Hall–Kier alpha value is -2.99. The van der Waals surface area contributed by atoms with E-state index in [-0.39, 0.29) is 5.91 Å². The highest BCUT2D eigenvalue weighted by molar-refractivity contribution is 6.30. The summed E-state index contributed by atoms with van der Waals surface area (Å²) in [5.74, 6) is 0.922. The van der Waals surface area contributed by atoms with Gasteiger partial charge in [0.1, 0.15) is 17.3 Å². The summed E-state index contributed by atoms with van der Waals surface area (Å²) in [5, 5.41) is 6.82. The molecule has 0 saturated carbocycles. The first-order chi connectivity index (χ1) is 13.1. The van der Waals surface area contributed by atoms with Gasteiger partial charge in [-0.2, -0.15) is 0 Å². The molecule has 1 amide bonds. The standard InChI is InChI=1S/C20H20ClN5O/c1-14-25-18(20(27)24-13-16-5-8-22-9-6-16)12-19(26-14)23-10-7-15-3-2-4-17(21)11-15/h2-6,8-9,11-12H,7,10,13H2,1H3,(H,24,27)(H,23,25,26). The number of halogens is 1. The van der Waals surface area contributed by atoms with Gasteiger partial charge in [0.15, 0.2) is 0 Å². The monoisotopic (exact) mass is 381 g/mol. The van der Waals surface area contributed by atoms with Crippen LogP contribution in [0.3, 0.4) is 0 Å². The second kappa shape index (κ2) is 9.09. The lowest BCUT2D eigenvalue weighted by Crippen LogP contribution is -2.24. The van der Waals surface area contributed by atoms with Crippen LogP contribution in [0.1, 0.15) is 27.4 Å². The molecule has 27 heavy (non-hydrogen) atoms. The van der Waals surface area contributed by atoms with Gasteiger partial charge in [0.2, 0.25) is 0 Å². The van der Waals surface area contributed by atoms with Gasteiger partial charge in [0, 0.05) is 36.6 Å². The fraction of sp³-hybridized carbons (Fsp3) is 0.200. The fourth-order valence-electron chi connectivity index (χ4n) is 2.58. The van der Waals surface area contributed by atoms with E-state index < -0.39 is 0 Å². The van der Waals surface area contributed by atoms with Gasteiger partial charge in [-0.25, -0.2) is 9.97 Å². The maximum atomic E-state index is 12.4. The maximum Gasteiger partial charge on any atom is 0.270 e. The number of aryl methyl sites for hydroxylation is 1. The molecule has 3 aromatic rings. The lowest BCUT2D eigenvalue weighted by Gasteiger charge is -2.09. The van der Waals surface area contributed by atoms with E-state index in [1.54, 1.807) is 25.4 Å². The Morgan fingerprint density at radius 3 is 2.67 bits per heavy atom. The Balaban J connectivity index is 1.59. The Morgan fingerprint density at radius 1 is 1.07 bits per heavy atom. The van der Waals surface area contributed by atoms with Crippen LogP contribution in [-0.2, 0) is 13.0 Å². The van der Waals surface area contributed by atoms with Crippen molar-refractivity contribution in [3.8, 4) is 0 Å². The Bertz CT molecular complexity index is 917. The molecule has 2 N–H and O–H groups in total. The molecule has 2 heterocycles. The zero-order valence-corrected chi connectivity index (χ0v) is 15.7. The van der Waals surface area contributed by atoms with E-state index in [1.165, 1.54) is 0 Å². The van der Waals surface area contributed by atoms with Crippen LogP contribution in [0, 0.1) is 6.92 Å². The molecule has 0 aliphatic heterocycles. The number of hydrogen-bond acceptors (Lipinski definition) is 5. The fourth-order valence-corrected chi connectivity index (χ4v) is 2.79. The van der Waals surface area contributed by atoms with Gasteiger partial charge in [-0.15, -0.1) is 0 Å². The van der Waals surface area contributed by atoms with Gasteiger partial charge in [0.05, 0.1) is 0 Å². The van der Waals surface area contributed by atoms with Gasteiger partial charge < -0.3 is 10.6 Å². The summed E-state index contributed by atoms with van der Waals surface area (Å²) in [6.45, 7) is 2.86. The van der Waals surface area contributed by atoms with E-state index in [1.807, 2.05) is 36.4 Å². The molecular weight excluding hydrogens is 362 g/mol. The first-order valence-electron chi connectivity index (χ1n) is 8.61. The van der Waals surface area contributed by atoms with E-state index in [9.17, 15) is 4.79 Å². The third-order valence-corrected chi connectivity index (χ3v) is 4.12. The average molecular weight is 382 g/mol. The minimum atomic E-state index is -0.241. The molecule has 2 aromatic heterocycles. The number of hydrogen-bond donors (Lipinski definition) is 2. The molecule has 0 saturated heterocycles. The summed E-state index contributed by atoms with van der Waals surface area (Å²) in [5.41, 5.74) is 2.45. The van der Waals surface area contributed by atoms with Crippen LogP contribution in [0.4, 0.5) is 5.82 Å². The zero-order valence-electron chi connectivity index (χ0n) is 14.9. The van der Waals surface area contributed by atoms with Crippen molar-refractivity contribution in [1.29, 1.82) is 0 Å². The molecule has 0 unspecified atom stereocenters. The van der Waals surface area contributed by atoms with Crippen molar-refractivity contribution in [2.24, 2.45) is 0 Å². The molecule has 0 bridgehead atoms. The summed E-state index contributed by atoms with van der Waals surface area (Å²) in [7, 11) is 0. The van der Waals surface area contributed by atoms with Gasteiger partial charge in [-0.1, -0.05) is 23.7 Å². The van der Waals surface area contributed by atoms with Crippen molar-refractivity contribution in [2.45, 2.75) is 19.9 Å². The molecule has 0 fully saturated rings. The number of carbonyl (C=O) groups is 1. The van der Waals surface area contributed by atoms with E-state index >= 15 is 0 Å². The third kappa shape index (κ3) is 5.76. The summed E-state index contributed by atoms with van der Waals surface area (Å²) in [6.07, 6.45) is 4.18. The highest BCUT2D eigenvalue weighted by Crippen LogP contribution is 2.12. The molecule has 7 heteroatoms. The number of nitrogens with one attached hydrogen (secondary N) is 2. The van der Waals surface area contributed by atoms with Crippen molar-refractivity contribution in [2.75, 3.05) is 11.9 Å². The van der Waals surface area contributed by atoms with E-state index in [0.29, 0.717) is 30.4 Å². The van der Waals surface area contributed by atoms with Gasteiger partial charge in [-0.3, -0.25) is 9.78 Å². The molecule has 0 aliphatic carbocycles. The van der Waals surface area contributed by atoms with Crippen LogP contribution in [0.15, 0.2) is 54.9 Å². The molecule has 1 aromatic carbocycles. The maximum absolute atomic E-state index is 12.4. The first kappa shape index (κ1) is 18.8. The Morgan fingerprint density at radius 2 is 1.89 bits per heavy atom. The van der Waals surface area contributed by atoms with Gasteiger partial charge >= 0.3 is 0 Å². The largest absolute Gasteiger partial charge is 0.370 e. The number of benzene rings is 1. The van der Waals surface area contributed by atoms with Crippen molar-refractivity contribution >= 4 is 23.3 Å². The lowest BCUT2D eigenvalue weighted by molar-refractivity contribution is 0.0945. The third-order valence-electron chi connectivity index (χ3n) is 3.88. The molecule has 0 aliphatic rings. The van der Waals surface area contributed by atoms with Crippen molar-refractivity contribution in [3.05, 3.63) is 82.5 Å².